The normalized spacial score (nSPS) is 17.6. The highest BCUT2D eigenvalue weighted by molar-refractivity contribution is 5.59. The lowest BCUT2D eigenvalue weighted by Gasteiger charge is -2.33. The number of piperidine rings is 1. The second-order valence-electron chi connectivity index (χ2n) is 7.25. The van der Waals surface area contributed by atoms with Crippen molar-refractivity contribution in [2.45, 2.75) is 25.1 Å². The molecule has 1 unspecified atom stereocenters. The molecule has 10 heteroatoms. The van der Waals surface area contributed by atoms with Crippen molar-refractivity contribution in [2.75, 3.05) is 18.0 Å². The number of halogens is 3. The van der Waals surface area contributed by atoms with Crippen molar-refractivity contribution in [3.8, 4) is 11.5 Å². The number of pyridine rings is 1. The molecule has 5 rings (SSSR count). The van der Waals surface area contributed by atoms with E-state index in [1.54, 1.807) is 12.4 Å². The van der Waals surface area contributed by atoms with E-state index in [2.05, 4.69) is 25.0 Å². The van der Waals surface area contributed by atoms with Gasteiger partial charge in [0.15, 0.2) is 5.82 Å². The maximum atomic E-state index is 13.1. The van der Waals surface area contributed by atoms with Gasteiger partial charge in [-0.1, -0.05) is 0 Å². The quantitative estimate of drug-likeness (QED) is 0.511. The minimum absolute atomic E-state index is 0.248. The van der Waals surface area contributed by atoms with Crippen molar-refractivity contribution >= 4 is 11.5 Å². The number of imidazole rings is 1. The van der Waals surface area contributed by atoms with E-state index in [1.807, 2.05) is 23.0 Å². The highest BCUT2D eigenvalue weighted by Gasteiger charge is 2.31. The summed E-state index contributed by atoms with van der Waals surface area (Å²) in [5.74, 6) is 1.07. The Labute approximate surface area is 169 Å². The van der Waals surface area contributed by atoms with Crippen LogP contribution in [0.3, 0.4) is 0 Å². The fourth-order valence-corrected chi connectivity index (χ4v) is 3.84. The van der Waals surface area contributed by atoms with Gasteiger partial charge in [0.25, 0.3) is 0 Å². The number of hydrogen-bond donors (Lipinski definition) is 0. The van der Waals surface area contributed by atoms with Crippen molar-refractivity contribution in [2.24, 2.45) is 0 Å². The van der Waals surface area contributed by atoms with Crippen LogP contribution in [0.1, 0.15) is 24.4 Å². The van der Waals surface area contributed by atoms with Gasteiger partial charge in [0.2, 0.25) is 0 Å². The maximum Gasteiger partial charge on any atom is 0.417 e. The van der Waals surface area contributed by atoms with Gasteiger partial charge in [-0.2, -0.15) is 18.3 Å². The third kappa shape index (κ3) is 3.38. The summed E-state index contributed by atoms with van der Waals surface area (Å²) in [6, 6.07) is 6.33. The van der Waals surface area contributed by atoms with Crippen molar-refractivity contribution in [3.63, 3.8) is 0 Å². The van der Waals surface area contributed by atoms with E-state index in [-0.39, 0.29) is 6.04 Å². The molecule has 1 atom stereocenters. The first kappa shape index (κ1) is 18.6. The number of alkyl halides is 3. The molecule has 4 aromatic heterocycles. The molecule has 0 saturated carbocycles. The van der Waals surface area contributed by atoms with Gasteiger partial charge in [0.05, 0.1) is 17.8 Å². The standard InChI is InChI=1S/C20H18F3N7/c21-20(22,23)14-4-5-17-25-11-16(29(17)12-14)19-24-8-6-18(27-19)28-9-1-3-15(13-28)30-10-2-7-26-30/h2,4-8,10-12,15H,1,3,9,13H2. The van der Waals surface area contributed by atoms with E-state index >= 15 is 0 Å². The highest BCUT2D eigenvalue weighted by atomic mass is 19.4. The summed E-state index contributed by atoms with van der Waals surface area (Å²) >= 11 is 0. The Kier molecular flexibility index (Phi) is 4.41. The van der Waals surface area contributed by atoms with Crippen LogP contribution in [-0.4, -0.2) is 42.2 Å². The van der Waals surface area contributed by atoms with Crippen molar-refractivity contribution in [1.29, 1.82) is 0 Å². The molecule has 0 bridgehead atoms. The Morgan fingerprint density at radius 3 is 2.77 bits per heavy atom. The minimum atomic E-state index is -4.44. The van der Waals surface area contributed by atoms with Gasteiger partial charge in [0, 0.05) is 37.9 Å². The Morgan fingerprint density at radius 1 is 1.07 bits per heavy atom. The Morgan fingerprint density at radius 2 is 1.97 bits per heavy atom. The smallest absolute Gasteiger partial charge is 0.354 e. The van der Waals surface area contributed by atoms with E-state index in [9.17, 15) is 13.2 Å². The summed E-state index contributed by atoms with van der Waals surface area (Å²) in [6.45, 7) is 1.60. The van der Waals surface area contributed by atoms with Gasteiger partial charge < -0.3 is 4.90 Å². The average molecular weight is 413 g/mol. The molecule has 154 valence electrons. The van der Waals surface area contributed by atoms with Crippen LogP contribution < -0.4 is 4.90 Å². The molecule has 30 heavy (non-hydrogen) atoms. The van der Waals surface area contributed by atoms with Crippen LogP contribution in [0.2, 0.25) is 0 Å². The average Bonchev–Trinajstić information content (AvgIpc) is 3.43. The lowest BCUT2D eigenvalue weighted by atomic mass is 10.1. The van der Waals surface area contributed by atoms with Gasteiger partial charge in [-0.05, 0) is 37.1 Å². The predicted octanol–water partition coefficient (Wildman–Crippen LogP) is 3.85. The molecule has 4 aromatic rings. The molecule has 0 aromatic carbocycles. The Balaban J connectivity index is 1.48. The second kappa shape index (κ2) is 7.12. The first-order valence-electron chi connectivity index (χ1n) is 9.61. The van der Waals surface area contributed by atoms with Crippen LogP contribution >= 0.6 is 0 Å². The zero-order chi connectivity index (χ0) is 20.7. The second-order valence-corrected chi connectivity index (χ2v) is 7.25. The van der Waals surface area contributed by atoms with E-state index in [1.165, 1.54) is 16.7 Å². The SMILES string of the molecule is FC(F)(F)c1ccc2ncc(-c3nccc(N4CCCC(n5cccn5)C4)n3)n2c1. The third-order valence-electron chi connectivity index (χ3n) is 5.32. The van der Waals surface area contributed by atoms with Crippen LogP contribution in [-0.2, 0) is 6.18 Å². The molecule has 1 aliphatic heterocycles. The molecule has 7 nitrogen and oxygen atoms in total. The van der Waals surface area contributed by atoms with Crippen LogP contribution in [0.25, 0.3) is 17.2 Å². The highest BCUT2D eigenvalue weighted by Crippen LogP contribution is 2.31. The Hall–Kier alpha value is -3.43. The molecule has 1 fully saturated rings. The number of fused-ring (bicyclic) bond motifs is 1. The van der Waals surface area contributed by atoms with Gasteiger partial charge in [-0.25, -0.2) is 15.0 Å². The van der Waals surface area contributed by atoms with Gasteiger partial charge >= 0.3 is 6.18 Å². The zero-order valence-electron chi connectivity index (χ0n) is 15.9. The zero-order valence-corrected chi connectivity index (χ0v) is 15.9. The van der Waals surface area contributed by atoms with Crippen molar-refractivity contribution < 1.29 is 13.2 Å². The molecule has 0 spiro atoms. The molecule has 0 amide bonds. The maximum absolute atomic E-state index is 13.1. The molecular formula is C20H18F3N7. The number of aromatic nitrogens is 6. The van der Waals surface area contributed by atoms with Gasteiger partial charge in [-0.3, -0.25) is 9.08 Å². The molecule has 1 saturated heterocycles. The van der Waals surface area contributed by atoms with Crippen molar-refractivity contribution in [1.82, 2.24) is 29.1 Å². The fourth-order valence-electron chi connectivity index (χ4n) is 3.84. The lowest BCUT2D eigenvalue weighted by molar-refractivity contribution is -0.137. The molecule has 1 aliphatic rings. The lowest BCUT2D eigenvalue weighted by Crippen LogP contribution is -2.37. The van der Waals surface area contributed by atoms with E-state index < -0.39 is 11.7 Å². The fraction of sp³-hybridized carbons (Fsp3) is 0.300. The first-order valence-corrected chi connectivity index (χ1v) is 9.61. The van der Waals surface area contributed by atoms with Crippen LogP contribution in [0.5, 0.6) is 0 Å². The third-order valence-corrected chi connectivity index (χ3v) is 5.32. The molecular weight excluding hydrogens is 395 g/mol. The molecule has 0 aliphatic carbocycles. The summed E-state index contributed by atoms with van der Waals surface area (Å²) in [4.78, 5) is 15.3. The minimum Gasteiger partial charge on any atom is -0.354 e. The van der Waals surface area contributed by atoms with Crippen molar-refractivity contribution in [3.05, 3.63) is 60.8 Å². The van der Waals surface area contributed by atoms with E-state index in [4.69, 9.17) is 0 Å². The summed E-state index contributed by atoms with van der Waals surface area (Å²) in [5, 5.41) is 4.34. The van der Waals surface area contributed by atoms with Crippen LogP contribution in [0.15, 0.2) is 55.2 Å². The number of hydrogen-bond acceptors (Lipinski definition) is 5. The van der Waals surface area contributed by atoms with Crippen LogP contribution in [0, 0.1) is 0 Å². The van der Waals surface area contributed by atoms with Gasteiger partial charge in [0.1, 0.15) is 17.2 Å². The largest absolute Gasteiger partial charge is 0.417 e. The summed E-state index contributed by atoms with van der Waals surface area (Å²) in [5.41, 5.74) is 0.0748. The molecule has 0 N–H and O–H groups in total. The molecule has 5 heterocycles. The number of nitrogens with zero attached hydrogens (tertiary/aromatic N) is 7. The Bertz CT molecular complexity index is 1170. The number of rotatable bonds is 3. The monoisotopic (exact) mass is 413 g/mol. The van der Waals surface area contributed by atoms with Crippen LogP contribution in [0.4, 0.5) is 19.0 Å². The van der Waals surface area contributed by atoms with Gasteiger partial charge in [-0.15, -0.1) is 0 Å². The topological polar surface area (TPSA) is 64.1 Å². The summed E-state index contributed by atoms with van der Waals surface area (Å²) in [6.07, 6.45) is 5.46. The summed E-state index contributed by atoms with van der Waals surface area (Å²) in [7, 11) is 0. The van der Waals surface area contributed by atoms with E-state index in [0.717, 1.165) is 44.0 Å². The molecule has 0 radical (unpaired) electrons. The predicted molar refractivity (Wildman–Crippen MR) is 104 cm³/mol. The first-order chi connectivity index (χ1) is 14.5. The summed E-state index contributed by atoms with van der Waals surface area (Å²) < 4.78 is 42.7. The van der Waals surface area contributed by atoms with E-state index in [0.29, 0.717) is 17.2 Å². The number of anilines is 1.